The molecule has 6 nitrogen and oxygen atoms in total. The number of carbonyl (C=O) groups excluding carboxylic acids is 1. The Morgan fingerprint density at radius 1 is 1.40 bits per heavy atom. The van der Waals surface area contributed by atoms with Crippen molar-refractivity contribution in [3.8, 4) is 0 Å². The van der Waals surface area contributed by atoms with E-state index in [2.05, 4.69) is 10.3 Å². The summed E-state index contributed by atoms with van der Waals surface area (Å²) < 4.78 is 5.09. The van der Waals surface area contributed by atoms with E-state index in [1.165, 1.54) is 24.0 Å². The van der Waals surface area contributed by atoms with E-state index < -0.39 is 5.97 Å². The van der Waals surface area contributed by atoms with E-state index in [0.717, 1.165) is 0 Å². The molecule has 2 N–H and O–H groups in total. The molecule has 2 aromatic rings. The number of rotatable bonds is 6. The van der Waals surface area contributed by atoms with Crippen molar-refractivity contribution in [3.05, 3.63) is 48.2 Å². The number of amides is 1. The van der Waals surface area contributed by atoms with Gasteiger partial charge in [0.25, 0.3) is 0 Å². The van der Waals surface area contributed by atoms with Gasteiger partial charge in [0, 0.05) is 11.1 Å². The Kier molecular flexibility index (Phi) is 4.78. The molecule has 104 valence electrons. The minimum Gasteiger partial charge on any atom is -0.477 e. The van der Waals surface area contributed by atoms with E-state index in [4.69, 9.17) is 9.52 Å². The van der Waals surface area contributed by atoms with Gasteiger partial charge in [-0.15, -0.1) is 11.8 Å². The topological polar surface area (TPSA) is 92.4 Å². The van der Waals surface area contributed by atoms with Gasteiger partial charge in [0.1, 0.15) is 11.5 Å². The molecular weight excluding hydrogens is 280 g/mol. The lowest BCUT2D eigenvalue weighted by Gasteiger charge is -2.04. The minimum atomic E-state index is -1.09. The fraction of sp³-hybridized carbons (Fsp3) is 0.154. The van der Waals surface area contributed by atoms with Crippen LogP contribution in [0.4, 0.5) is 0 Å². The van der Waals surface area contributed by atoms with Crippen molar-refractivity contribution in [3.63, 3.8) is 0 Å². The number of furan rings is 1. The fourth-order valence-corrected chi connectivity index (χ4v) is 2.17. The minimum absolute atomic E-state index is 0.0361. The summed E-state index contributed by atoms with van der Waals surface area (Å²) in [4.78, 5) is 26.8. The number of thioether (sulfide) groups is 1. The molecule has 0 saturated carbocycles. The van der Waals surface area contributed by atoms with Crippen molar-refractivity contribution >= 4 is 23.6 Å². The number of carboxylic acids is 1. The maximum absolute atomic E-state index is 11.6. The van der Waals surface area contributed by atoms with Crippen LogP contribution in [-0.2, 0) is 11.3 Å². The average Bonchev–Trinajstić information content (AvgIpc) is 2.96. The summed E-state index contributed by atoms with van der Waals surface area (Å²) in [5.41, 5.74) is -0.0361. The highest BCUT2D eigenvalue weighted by Crippen LogP contribution is 2.17. The van der Waals surface area contributed by atoms with Crippen LogP contribution in [0.1, 0.15) is 16.2 Å². The van der Waals surface area contributed by atoms with Crippen molar-refractivity contribution < 1.29 is 19.1 Å². The molecule has 0 bridgehead atoms. The predicted octanol–water partition coefficient (Wildman–Crippen LogP) is 1.78. The van der Waals surface area contributed by atoms with Crippen LogP contribution in [0.15, 0.2) is 46.0 Å². The Morgan fingerprint density at radius 2 is 2.25 bits per heavy atom. The molecule has 2 rings (SSSR count). The van der Waals surface area contributed by atoms with Crippen LogP contribution in [-0.4, -0.2) is 27.7 Å². The Labute approximate surface area is 119 Å². The van der Waals surface area contributed by atoms with E-state index in [9.17, 15) is 9.59 Å². The summed E-state index contributed by atoms with van der Waals surface area (Å²) in [7, 11) is 0. The second-order valence-corrected chi connectivity index (χ2v) is 4.88. The summed E-state index contributed by atoms with van der Waals surface area (Å²) >= 11 is 1.25. The fourth-order valence-electron chi connectivity index (χ4n) is 1.42. The average molecular weight is 292 g/mol. The Bertz CT molecular complexity index is 598. The highest BCUT2D eigenvalue weighted by molar-refractivity contribution is 8.00. The summed E-state index contributed by atoms with van der Waals surface area (Å²) in [5, 5.41) is 11.5. The quantitative estimate of drug-likeness (QED) is 0.788. The molecule has 7 heteroatoms. The first-order valence-electron chi connectivity index (χ1n) is 5.76. The molecule has 0 atom stereocenters. The van der Waals surface area contributed by atoms with E-state index in [1.807, 2.05) is 0 Å². The van der Waals surface area contributed by atoms with Gasteiger partial charge in [-0.05, 0) is 24.3 Å². The third-order valence-corrected chi connectivity index (χ3v) is 3.35. The number of nitrogens with zero attached hydrogens (tertiary/aromatic N) is 1. The first-order valence-corrected chi connectivity index (χ1v) is 6.75. The first kappa shape index (κ1) is 14.1. The third kappa shape index (κ3) is 4.13. The van der Waals surface area contributed by atoms with Gasteiger partial charge in [-0.25, -0.2) is 9.78 Å². The number of hydrogen-bond acceptors (Lipinski definition) is 5. The number of carbonyl (C=O) groups is 2. The largest absolute Gasteiger partial charge is 0.477 e. The molecule has 20 heavy (non-hydrogen) atoms. The lowest BCUT2D eigenvalue weighted by Crippen LogP contribution is -2.24. The van der Waals surface area contributed by atoms with Crippen LogP contribution >= 0.6 is 11.8 Å². The van der Waals surface area contributed by atoms with Crippen molar-refractivity contribution in [2.75, 3.05) is 5.75 Å². The number of nitrogens with one attached hydrogen (secondary N) is 1. The summed E-state index contributed by atoms with van der Waals surface area (Å²) in [6.07, 6.45) is 2.95. The van der Waals surface area contributed by atoms with Crippen LogP contribution in [0, 0.1) is 0 Å². The molecule has 0 radical (unpaired) electrons. The number of aromatic nitrogens is 1. The number of hydrogen-bond donors (Lipinski definition) is 2. The summed E-state index contributed by atoms with van der Waals surface area (Å²) in [6.45, 7) is 0.336. The molecule has 0 spiro atoms. The molecule has 0 aliphatic heterocycles. The van der Waals surface area contributed by atoms with E-state index in [0.29, 0.717) is 17.2 Å². The van der Waals surface area contributed by atoms with Gasteiger partial charge in [0.05, 0.1) is 18.6 Å². The highest BCUT2D eigenvalue weighted by Gasteiger charge is 2.07. The van der Waals surface area contributed by atoms with Crippen LogP contribution in [0.3, 0.4) is 0 Å². The van der Waals surface area contributed by atoms with Gasteiger partial charge in [0.15, 0.2) is 0 Å². The maximum atomic E-state index is 11.6. The molecule has 0 aliphatic rings. The monoisotopic (exact) mass is 292 g/mol. The number of carboxylic acid groups (broad SMARTS) is 1. The molecule has 0 unspecified atom stereocenters. The standard InChI is InChI=1S/C13H12N2O4S/c16-12(15-7-9-2-1-5-19-9)8-20-10-3-4-14-11(6-10)13(17)18/h1-6H,7-8H2,(H,15,16)(H,17,18). The van der Waals surface area contributed by atoms with Crippen LogP contribution in [0.2, 0.25) is 0 Å². The SMILES string of the molecule is O=C(CSc1ccnc(C(=O)O)c1)NCc1ccco1. The number of pyridine rings is 1. The Morgan fingerprint density at radius 3 is 2.95 bits per heavy atom. The molecule has 0 aromatic carbocycles. The summed E-state index contributed by atoms with van der Waals surface area (Å²) in [6, 6.07) is 6.62. The number of aromatic carboxylic acids is 1. The van der Waals surface area contributed by atoms with Crippen molar-refractivity contribution in [2.45, 2.75) is 11.4 Å². The van der Waals surface area contributed by atoms with Gasteiger partial charge in [-0.2, -0.15) is 0 Å². The molecule has 2 heterocycles. The van der Waals surface area contributed by atoms with Crippen molar-refractivity contribution in [1.82, 2.24) is 10.3 Å². The summed E-state index contributed by atoms with van der Waals surface area (Å²) in [5.74, 6) is -0.362. The predicted molar refractivity (Wildman–Crippen MR) is 72.5 cm³/mol. The van der Waals surface area contributed by atoms with E-state index >= 15 is 0 Å². The zero-order valence-electron chi connectivity index (χ0n) is 10.4. The van der Waals surface area contributed by atoms with Gasteiger partial charge in [0.2, 0.25) is 5.91 Å². The third-order valence-electron chi connectivity index (χ3n) is 2.36. The first-order chi connectivity index (χ1) is 9.65. The zero-order chi connectivity index (χ0) is 14.4. The molecule has 0 aliphatic carbocycles. The van der Waals surface area contributed by atoms with Gasteiger partial charge >= 0.3 is 5.97 Å². The van der Waals surface area contributed by atoms with Crippen molar-refractivity contribution in [2.24, 2.45) is 0 Å². The molecule has 2 aromatic heterocycles. The molecular formula is C13H12N2O4S. The molecule has 0 saturated heterocycles. The van der Waals surface area contributed by atoms with Crippen LogP contribution in [0.5, 0.6) is 0 Å². The lowest BCUT2D eigenvalue weighted by atomic mass is 10.3. The second kappa shape index (κ2) is 6.76. The smallest absolute Gasteiger partial charge is 0.354 e. The Balaban J connectivity index is 1.81. The zero-order valence-corrected chi connectivity index (χ0v) is 11.2. The van der Waals surface area contributed by atoms with Gasteiger partial charge in [-0.1, -0.05) is 0 Å². The second-order valence-electron chi connectivity index (χ2n) is 3.83. The molecule has 1 amide bonds. The highest BCUT2D eigenvalue weighted by atomic mass is 32.2. The lowest BCUT2D eigenvalue weighted by molar-refractivity contribution is -0.118. The normalized spacial score (nSPS) is 10.2. The van der Waals surface area contributed by atoms with Crippen LogP contribution in [0.25, 0.3) is 0 Å². The van der Waals surface area contributed by atoms with E-state index in [-0.39, 0.29) is 17.4 Å². The van der Waals surface area contributed by atoms with Gasteiger partial charge < -0.3 is 14.8 Å². The van der Waals surface area contributed by atoms with Crippen molar-refractivity contribution in [1.29, 1.82) is 0 Å². The van der Waals surface area contributed by atoms with E-state index in [1.54, 1.807) is 24.5 Å². The van der Waals surface area contributed by atoms with Crippen LogP contribution < -0.4 is 5.32 Å². The molecule has 0 fully saturated rings. The van der Waals surface area contributed by atoms with Gasteiger partial charge in [-0.3, -0.25) is 4.79 Å². The maximum Gasteiger partial charge on any atom is 0.354 e. The Hall–Kier alpha value is -2.28.